The molecule has 0 bridgehead atoms. The van der Waals surface area contributed by atoms with E-state index in [1.807, 2.05) is 97.1 Å². The summed E-state index contributed by atoms with van der Waals surface area (Å²) in [6, 6.07) is 33.5. The molecular formula is C28H19N2O2P. The number of hydrogen-bond donors (Lipinski definition) is 0. The van der Waals surface area contributed by atoms with Crippen molar-refractivity contribution in [2.24, 2.45) is 0 Å². The third-order valence-corrected chi connectivity index (χ3v) is 8.94. The van der Waals surface area contributed by atoms with E-state index in [9.17, 15) is 4.57 Å². The van der Waals surface area contributed by atoms with Gasteiger partial charge < -0.3 is 8.98 Å². The standard InChI is InChI=1S/C28H19N2O2P/c31-33(22-9-3-1-4-10-22,23-11-5-2-6-12-23)24-13-7-8-20(18-24)21-14-15-26-25(19-21)27-28(32-26)30-17-16-29-27/h1-19H. The van der Waals surface area contributed by atoms with Gasteiger partial charge in [-0.3, -0.25) is 0 Å². The lowest BCUT2D eigenvalue weighted by Crippen LogP contribution is -2.25. The molecule has 0 saturated carbocycles. The normalized spacial score (nSPS) is 11.8. The van der Waals surface area contributed by atoms with Gasteiger partial charge in [0.2, 0.25) is 5.71 Å². The highest BCUT2D eigenvalue weighted by Gasteiger charge is 2.29. The Kier molecular flexibility index (Phi) is 4.67. The second-order valence-corrected chi connectivity index (χ2v) is 10.6. The van der Waals surface area contributed by atoms with Crippen LogP contribution in [0.5, 0.6) is 0 Å². The molecule has 0 aliphatic carbocycles. The van der Waals surface area contributed by atoms with Gasteiger partial charge >= 0.3 is 0 Å². The zero-order chi connectivity index (χ0) is 22.3. The van der Waals surface area contributed by atoms with Crippen molar-refractivity contribution in [3.63, 3.8) is 0 Å². The Bertz CT molecular complexity index is 1600. The van der Waals surface area contributed by atoms with E-state index in [0.717, 1.165) is 43.5 Å². The molecule has 0 unspecified atom stereocenters. The molecule has 2 aromatic heterocycles. The first kappa shape index (κ1) is 19.7. The zero-order valence-corrected chi connectivity index (χ0v) is 18.5. The SMILES string of the molecule is O=P(c1ccccc1)(c1ccccc1)c1cccc(-c2ccc3oc4nccnc4c3c2)c1. The average Bonchev–Trinajstić information content (AvgIpc) is 3.27. The summed E-state index contributed by atoms with van der Waals surface area (Å²) in [4.78, 5) is 8.71. The first-order valence-electron chi connectivity index (χ1n) is 10.7. The van der Waals surface area contributed by atoms with E-state index in [4.69, 9.17) is 4.42 Å². The third-order valence-electron chi connectivity index (χ3n) is 5.89. The zero-order valence-electron chi connectivity index (χ0n) is 17.6. The molecule has 6 rings (SSSR count). The molecule has 0 atom stereocenters. The monoisotopic (exact) mass is 446 g/mol. The summed E-state index contributed by atoms with van der Waals surface area (Å²) in [6.45, 7) is 0. The number of nitrogens with zero attached hydrogens (tertiary/aromatic N) is 2. The van der Waals surface area contributed by atoms with Crippen molar-refractivity contribution in [1.29, 1.82) is 0 Å². The van der Waals surface area contributed by atoms with Crippen LogP contribution in [0.2, 0.25) is 0 Å². The summed E-state index contributed by atoms with van der Waals surface area (Å²) < 4.78 is 20.5. The minimum Gasteiger partial charge on any atom is -0.436 e. The van der Waals surface area contributed by atoms with Crippen molar-refractivity contribution in [3.05, 3.63) is 116 Å². The maximum Gasteiger partial charge on any atom is 0.246 e. The van der Waals surface area contributed by atoms with E-state index in [1.54, 1.807) is 12.4 Å². The van der Waals surface area contributed by atoms with Gasteiger partial charge in [-0.15, -0.1) is 0 Å². The van der Waals surface area contributed by atoms with Crippen LogP contribution in [0.15, 0.2) is 120 Å². The Morgan fingerprint density at radius 2 is 1.24 bits per heavy atom. The molecule has 4 aromatic carbocycles. The molecule has 0 fully saturated rings. The van der Waals surface area contributed by atoms with E-state index in [0.29, 0.717) is 5.71 Å². The summed E-state index contributed by atoms with van der Waals surface area (Å²) in [7, 11) is -3.04. The van der Waals surface area contributed by atoms with Crippen LogP contribution >= 0.6 is 7.14 Å². The molecular weight excluding hydrogens is 427 g/mol. The van der Waals surface area contributed by atoms with Gasteiger partial charge in [0.1, 0.15) is 11.1 Å². The van der Waals surface area contributed by atoms with Crippen molar-refractivity contribution in [2.45, 2.75) is 0 Å². The van der Waals surface area contributed by atoms with Gasteiger partial charge in [-0.2, -0.15) is 0 Å². The largest absolute Gasteiger partial charge is 0.436 e. The lowest BCUT2D eigenvalue weighted by molar-refractivity contribution is 0.592. The van der Waals surface area contributed by atoms with E-state index >= 15 is 0 Å². The molecule has 4 nitrogen and oxygen atoms in total. The molecule has 33 heavy (non-hydrogen) atoms. The van der Waals surface area contributed by atoms with Gasteiger partial charge in [-0.25, -0.2) is 9.97 Å². The molecule has 158 valence electrons. The highest BCUT2D eigenvalue weighted by molar-refractivity contribution is 7.85. The molecule has 2 heterocycles. The van der Waals surface area contributed by atoms with Gasteiger partial charge in [0.05, 0.1) is 0 Å². The molecule has 0 saturated heterocycles. The number of aromatic nitrogens is 2. The first-order chi connectivity index (χ1) is 16.2. The van der Waals surface area contributed by atoms with Crippen LogP contribution in [0.25, 0.3) is 33.3 Å². The van der Waals surface area contributed by atoms with E-state index in [-0.39, 0.29) is 0 Å². The van der Waals surface area contributed by atoms with Crippen LogP contribution in [0.1, 0.15) is 0 Å². The number of rotatable bonds is 4. The van der Waals surface area contributed by atoms with E-state index in [2.05, 4.69) is 16.0 Å². The highest BCUT2D eigenvalue weighted by Crippen LogP contribution is 2.43. The molecule has 5 heteroatoms. The summed E-state index contributed by atoms with van der Waals surface area (Å²) in [5.74, 6) is 0. The number of benzene rings is 4. The summed E-state index contributed by atoms with van der Waals surface area (Å²) >= 11 is 0. The summed E-state index contributed by atoms with van der Waals surface area (Å²) in [5, 5.41) is 3.35. The fourth-order valence-electron chi connectivity index (χ4n) is 4.28. The topological polar surface area (TPSA) is 56.0 Å². The van der Waals surface area contributed by atoms with Crippen LogP contribution in [-0.2, 0) is 4.57 Å². The van der Waals surface area contributed by atoms with Gasteiger partial charge in [-0.1, -0.05) is 84.9 Å². The lowest BCUT2D eigenvalue weighted by Gasteiger charge is -2.20. The van der Waals surface area contributed by atoms with Gasteiger partial charge in [0.25, 0.3) is 0 Å². The Hall–Kier alpha value is -4.01. The quantitative estimate of drug-likeness (QED) is 0.327. The van der Waals surface area contributed by atoms with Crippen molar-refractivity contribution in [1.82, 2.24) is 9.97 Å². The van der Waals surface area contributed by atoms with Crippen molar-refractivity contribution in [3.8, 4) is 11.1 Å². The summed E-state index contributed by atoms with van der Waals surface area (Å²) in [6.07, 6.45) is 3.29. The summed E-state index contributed by atoms with van der Waals surface area (Å²) in [5.41, 5.74) is 4.00. The molecule has 0 radical (unpaired) electrons. The Balaban J connectivity index is 1.54. The van der Waals surface area contributed by atoms with E-state index < -0.39 is 7.14 Å². The van der Waals surface area contributed by atoms with Crippen molar-refractivity contribution in [2.75, 3.05) is 0 Å². The molecule has 0 aliphatic rings. The smallest absolute Gasteiger partial charge is 0.246 e. The van der Waals surface area contributed by atoms with Crippen LogP contribution in [0.4, 0.5) is 0 Å². The van der Waals surface area contributed by atoms with Crippen molar-refractivity contribution >= 4 is 45.3 Å². The predicted octanol–water partition coefficient (Wildman–Crippen LogP) is 5.68. The predicted molar refractivity (Wildman–Crippen MR) is 134 cm³/mol. The maximum absolute atomic E-state index is 14.7. The van der Waals surface area contributed by atoms with Gasteiger partial charge in [0, 0.05) is 33.7 Å². The lowest BCUT2D eigenvalue weighted by atomic mass is 10.0. The average molecular weight is 446 g/mol. The number of furan rings is 1. The first-order valence-corrected chi connectivity index (χ1v) is 12.4. The number of fused-ring (bicyclic) bond motifs is 3. The minimum absolute atomic E-state index is 0.524. The second kappa shape index (κ2) is 7.84. The minimum atomic E-state index is -3.04. The van der Waals surface area contributed by atoms with Crippen LogP contribution < -0.4 is 15.9 Å². The van der Waals surface area contributed by atoms with Gasteiger partial charge in [-0.05, 0) is 29.3 Å². The number of hydrogen-bond acceptors (Lipinski definition) is 4. The Morgan fingerprint density at radius 3 is 1.97 bits per heavy atom. The van der Waals surface area contributed by atoms with Crippen LogP contribution in [0.3, 0.4) is 0 Å². The second-order valence-electron chi connectivity index (χ2n) is 7.85. The molecule has 0 amide bonds. The third kappa shape index (κ3) is 3.27. The van der Waals surface area contributed by atoms with Crippen molar-refractivity contribution < 1.29 is 8.98 Å². The van der Waals surface area contributed by atoms with Crippen LogP contribution in [0, 0.1) is 0 Å². The van der Waals surface area contributed by atoms with E-state index in [1.165, 1.54) is 0 Å². The van der Waals surface area contributed by atoms with Gasteiger partial charge in [0.15, 0.2) is 7.14 Å². The molecule has 0 aliphatic heterocycles. The molecule has 6 aromatic rings. The molecule has 0 spiro atoms. The molecule has 0 N–H and O–H groups in total. The maximum atomic E-state index is 14.7. The Morgan fingerprint density at radius 1 is 0.606 bits per heavy atom. The highest BCUT2D eigenvalue weighted by atomic mass is 31.2. The Labute approximate surface area is 190 Å². The fraction of sp³-hybridized carbons (Fsp3) is 0. The fourth-order valence-corrected chi connectivity index (χ4v) is 6.97. The van der Waals surface area contributed by atoms with Crippen LogP contribution in [-0.4, -0.2) is 9.97 Å².